The molecule has 1 atom stereocenters. The average Bonchev–Trinajstić information content (AvgIpc) is 2.27. The van der Waals surface area contributed by atoms with Gasteiger partial charge in [-0.15, -0.1) is 0 Å². The van der Waals surface area contributed by atoms with Gasteiger partial charge in [-0.1, -0.05) is 22.9 Å². The Morgan fingerprint density at radius 3 is 2.42 bits per heavy atom. The second-order valence-electron chi connectivity index (χ2n) is 4.49. The first-order valence-electron chi connectivity index (χ1n) is 5.75. The van der Waals surface area contributed by atoms with E-state index in [9.17, 15) is 13.6 Å². The lowest BCUT2D eigenvalue weighted by Gasteiger charge is -2.21. The van der Waals surface area contributed by atoms with Crippen LogP contribution in [-0.4, -0.2) is 38.1 Å². The summed E-state index contributed by atoms with van der Waals surface area (Å²) in [5, 5.41) is 0. The molecule has 0 heterocycles. The fourth-order valence-corrected chi connectivity index (χ4v) is 2.23. The molecule has 0 spiro atoms. The van der Waals surface area contributed by atoms with Crippen molar-refractivity contribution in [3.05, 3.63) is 33.8 Å². The molecule has 1 aromatic rings. The van der Waals surface area contributed by atoms with Gasteiger partial charge in [0.2, 0.25) is 0 Å². The zero-order valence-electron chi connectivity index (χ0n) is 11.0. The third-order valence-corrected chi connectivity index (χ3v) is 3.06. The van der Waals surface area contributed by atoms with Crippen molar-refractivity contribution in [2.45, 2.75) is 6.92 Å². The van der Waals surface area contributed by atoms with E-state index in [0.717, 1.165) is 12.1 Å². The summed E-state index contributed by atoms with van der Waals surface area (Å²) in [6.45, 7) is 2.73. The molecule has 1 amide bonds. The normalized spacial score (nSPS) is 12.3. The Labute approximate surface area is 119 Å². The van der Waals surface area contributed by atoms with Gasteiger partial charge in [-0.05, 0) is 18.1 Å². The van der Waals surface area contributed by atoms with Crippen LogP contribution in [0, 0.1) is 17.6 Å². The van der Waals surface area contributed by atoms with E-state index in [1.54, 1.807) is 7.11 Å². The number of hydrogen-bond donors (Lipinski definition) is 0. The Kier molecular flexibility index (Phi) is 5.87. The molecule has 0 N–H and O–H groups in total. The van der Waals surface area contributed by atoms with Crippen molar-refractivity contribution in [3.63, 3.8) is 0 Å². The van der Waals surface area contributed by atoms with Gasteiger partial charge >= 0.3 is 0 Å². The molecular formula is C13H16BrF2NO2. The Morgan fingerprint density at radius 1 is 1.42 bits per heavy atom. The van der Waals surface area contributed by atoms with Crippen LogP contribution >= 0.6 is 15.9 Å². The lowest BCUT2D eigenvalue weighted by Crippen LogP contribution is -2.33. The van der Waals surface area contributed by atoms with Gasteiger partial charge in [-0.3, -0.25) is 4.79 Å². The van der Waals surface area contributed by atoms with Crippen LogP contribution in [0.2, 0.25) is 0 Å². The monoisotopic (exact) mass is 335 g/mol. The number of carbonyl (C=O) groups excluding carboxylic acids is 1. The first-order valence-corrected chi connectivity index (χ1v) is 6.55. The molecule has 1 aromatic carbocycles. The predicted octanol–water partition coefficient (Wildman–Crippen LogP) is 3.08. The third kappa shape index (κ3) is 4.24. The van der Waals surface area contributed by atoms with Crippen LogP contribution in [0.15, 0.2) is 16.6 Å². The van der Waals surface area contributed by atoms with Gasteiger partial charge in [0.05, 0.1) is 6.61 Å². The highest BCUT2D eigenvalue weighted by atomic mass is 79.9. The quantitative estimate of drug-likeness (QED) is 0.827. The summed E-state index contributed by atoms with van der Waals surface area (Å²) in [6, 6.07) is 2.14. The molecule has 19 heavy (non-hydrogen) atoms. The minimum Gasteiger partial charge on any atom is -0.384 e. The lowest BCUT2D eigenvalue weighted by atomic mass is 10.1. The summed E-state index contributed by atoms with van der Waals surface area (Å²) < 4.78 is 32.6. The largest absolute Gasteiger partial charge is 0.384 e. The SMILES string of the molecule is COC[C@@H](C)CN(C)C(=O)c1c(F)cc(Br)cc1F. The molecule has 0 aliphatic rings. The van der Waals surface area contributed by atoms with Gasteiger partial charge in [-0.2, -0.15) is 0 Å². The van der Waals surface area contributed by atoms with E-state index < -0.39 is 23.1 Å². The third-order valence-electron chi connectivity index (χ3n) is 2.60. The summed E-state index contributed by atoms with van der Waals surface area (Å²) in [4.78, 5) is 13.3. The molecule has 0 bridgehead atoms. The second-order valence-corrected chi connectivity index (χ2v) is 5.41. The fourth-order valence-electron chi connectivity index (χ4n) is 1.83. The number of methoxy groups -OCH3 is 1. The highest BCUT2D eigenvalue weighted by Gasteiger charge is 2.22. The summed E-state index contributed by atoms with van der Waals surface area (Å²) in [5.74, 6) is -2.34. The fraction of sp³-hybridized carbons (Fsp3) is 0.462. The number of ether oxygens (including phenoxy) is 1. The van der Waals surface area contributed by atoms with E-state index in [-0.39, 0.29) is 10.4 Å². The van der Waals surface area contributed by atoms with E-state index in [1.807, 2.05) is 6.92 Å². The van der Waals surface area contributed by atoms with Crippen LogP contribution in [-0.2, 0) is 4.74 Å². The Bertz CT molecular complexity index is 445. The Morgan fingerprint density at radius 2 is 1.95 bits per heavy atom. The highest BCUT2D eigenvalue weighted by Crippen LogP contribution is 2.20. The number of hydrogen-bond acceptors (Lipinski definition) is 2. The first kappa shape index (κ1) is 16.0. The number of amides is 1. The minimum absolute atomic E-state index is 0.0838. The van der Waals surface area contributed by atoms with Crippen LogP contribution < -0.4 is 0 Å². The van der Waals surface area contributed by atoms with Crippen molar-refractivity contribution in [2.24, 2.45) is 5.92 Å². The summed E-state index contributed by atoms with van der Waals surface area (Å²) in [7, 11) is 3.07. The molecule has 0 saturated heterocycles. The first-order chi connectivity index (χ1) is 8.86. The van der Waals surface area contributed by atoms with Crippen LogP contribution in [0.4, 0.5) is 8.78 Å². The molecule has 0 fully saturated rings. The van der Waals surface area contributed by atoms with Crippen molar-refractivity contribution < 1.29 is 18.3 Å². The standard InChI is InChI=1S/C13H16BrF2NO2/c1-8(7-19-3)6-17(2)13(18)12-10(15)4-9(14)5-11(12)16/h4-5,8H,6-7H2,1-3H3/t8-/m0/s1. The van der Waals surface area contributed by atoms with Crippen molar-refractivity contribution >= 4 is 21.8 Å². The molecule has 0 aliphatic carbocycles. The zero-order chi connectivity index (χ0) is 14.6. The van der Waals surface area contributed by atoms with Gasteiger partial charge in [0.1, 0.15) is 17.2 Å². The van der Waals surface area contributed by atoms with E-state index in [0.29, 0.717) is 13.2 Å². The number of benzene rings is 1. The highest BCUT2D eigenvalue weighted by molar-refractivity contribution is 9.10. The minimum atomic E-state index is -0.872. The number of halogens is 3. The topological polar surface area (TPSA) is 29.5 Å². The summed E-state index contributed by atoms with van der Waals surface area (Å²) >= 11 is 2.97. The van der Waals surface area contributed by atoms with Gasteiger partial charge in [0.15, 0.2) is 0 Å². The van der Waals surface area contributed by atoms with Crippen molar-refractivity contribution in [3.8, 4) is 0 Å². The molecule has 0 aromatic heterocycles. The van der Waals surface area contributed by atoms with Gasteiger partial charge in [0, 0.05) is 25.2 Å². The van der Waals surface area contributed by atoms with Crippen molar-refractivity contribution in [1.82, 2.24) is 4.90 Å². The molecular weight excluding hydrogens is 320 g/mol. The van der Waals surface area contributed by atoms with Gasteiger partial charge in [-0.25, -0.2) is 8.78 Å². The average molecular weight is 336 g/mol. The number of carbonyl (C=O) groups is 1. The maximum atomic E-state index is 13.7. The molecule has 106 valence electrons. The number of rotatable bonds is 5. The molecule has 6 heteroatoms. The maximum Gasteiger partial charge on any atom is 0.259 e. The van der Waals surface area contributed by atoms with E-state index in [2.05, 4.69) is 15.9 Å². The van der Waals surface area contributed by atoms with E-state index >= 15 is 0 Å². The van der Waals surface area contributed by atoms with E-state index in [4.69, 9.17) is 4.74 Å². The maximum absolute atomic E-state index is 13.7. The predicted molar refractivity (Wildman–Crippen MR) is 72.1 cm³/mol. The van der Waals surface area contributed by atoms with Crippen LogP contribution in [0.1, 0.15) is 17.3 Å². The summed E-state index contributed by atoms with van der Waals surface area (Å²) in [6.07, 6.45) is 0. The van der Waals surface area contributed by atoms with Gasteiger partial charge < -0.3 is 9.64 Å². The number of nitrogens with zero attached hydrogens (tertiary/aromatic N) is 1. The molecule has 0 unspecified atom stereocenters. The van der Waals surface area contributed by atoms with Crippen LogP contribution in [0.25, 0.3) is 0 Å². The lowest BCUT2D eigenvalue weighted by molar-refractivity contribution is 0.0727. The van der Waals surface area contributed by atoms with Crippen molar-refractivity contribution in [2.75, 3.05) is 27.3 Å². The van der Waals surface area contributed by atoms with Crippen LogP contribution in [0.5, 0.6) is 0 Å². The summed E-state index contributed by atoms with van der Waals surface area (Å²) in [5.41, 5.74) is -0.532. The smallest absolute Gasteiger partial charge is 0.259 e. The Hall–Kier alpha value is -1.01. The molecule has 0 saturated carbocycles. The zero-order valence-corrected chi connectivity index (χ0v) is 12.6. The van der Waals surface area contributed by atoms with Gasteiger partial charge in [0.25, 0.3) is 5.91 Å². The van der Waals surface area contributed by atoms with E-state index in [1.165, 1.54) is 11.9 Å². The molecule has 0 aliphatic heterocycles. The molecule has 0 radical (unpaired) electrons. The Balaban J connectivity index is 2.88. The molecule has 1 rings (SSSR count). The molecule has 3 nitrogen and oxygen atoms in total. The van der Waals surface area contributed by atoms with Crippen molar-refractivity contribution in [1.29, 1.82) is 0 Å². The second kappa shape index (κ2) is 6.96. The van der Waals surface area contributed by atoms with Crippen LogP contribution in [0.3, 0.4) is 0 Å².